The van der Waals surface area contributed by atoms with E-state index < -0.39 is 0 Å². The zero-order chi connectivity index (χ0) is 37.8. The molecule has 6 heteroatoms. The third-order valence-corrected chi connectivity index (χ3v) is 10.9. The summed E-state index contributed by atoms with van der Waals surface area (Å²) in [5, 5.41) is -0.636. The Morgan fingerprint density at radius 3 is 1.16 bits per heavy atom. The van der Waals surface area contributed by atoms with Crippen molar-refractivity contribution >= 4 is 45.3 Å². The van der Waals surface area contributed by atoms with Gasteiger partial charge in [-0.15, -0.1) is 0 Å². The molecule has 0 radical (unpaired) electrons. The number of carbonyl (C=O) groups is 4. The average molecular weight is 713 g/mol. The van der Waals surface area contributed by atoms with Crippen molar-refractivity contribution in [3.63, 3.8) is 0 Å². The second-order valence-electron chi connectivity index (χ2n) is 14.6. The monoisotopic (exact) mass is 712 g/mol. The number of hydrogen-bond acceptors (Lipinski definition) is 6. The number of rotatable bonds is 12. The van der Waals surface area contributed by atoms with E-state index in [0.29, 0.717) is 12.8 Å². The summed E-state index contributed by atoms with van der Waals surface area (Å²) >= 11 is 2.29. The maximum absolute atomic E-state index is 12.9. The predicted octanol–water partition coefficient (Wildman–Crippen LogP) is 11.5. The minimum atomic E-state index is -0.300. The molecular formula is C44H56O4S2. The maximum atomic E-state index is 12.9. The molecule has 0 saturated heterocycles. The highest BCUT2D eigenvalue weighted by Gasteiger charge is 2.39. The van der Waals surface area contributed by atoms with Gasteiger partial charge in [-0.1, -0.05) is 159 Å². The Labute approximate surface area is 310 Å². The summed E-state index contributed by atoms with van der Waals surface area (Å²) in [6, 6.07) is 0. The fourth-order valence-electron chi connectivity index (χ4n) is 6.16. The molecule has 4 nitrogen and oxygen atoms in total. The summed E-state index contributed by atoms with van der Waals surface area (Å²) in [4.78, 5) is 49.0. The minimum Gasteiger partial charge on any atom is -0.293 e. The SMILES string of the molecule is CC(=O)SC1CC(C)(C)C(C=CC(C)=CC=CC(C)=CC=CC=C(C)C=CC=C(C)C=CC2=C(C)C(=O)C(SC(C)=O)CC2(C)C)=C(C)C1=O. The molecule has 0 heterocycles. The summed E-state index contributed by atoms with van der Waals surface area (Å²) in [6.07, 6.45) is 30.0. The van der Waals surface area contributed by atoms with Crippen LogP contribution in [-0.2, 0) is 19.2 Å². The van der Waals surface area contributed by atoms with Gasteiger partial charge in [0.05, 0.1) is 10.5 Å². The summed E-state index contributed by atoms with van der Waals surface area (Å²) in [5.74, 6) is 0.121. The smallest absolute Gasteiger partial charge is 0.186 e. The Kier molecular flexibility index (Phi) is 16.4. The Morgan fingerprint density at radius 2 is 0.840 bits per heavy atom. The van der Waals surface area contributed by atoms with E-state index in [9.17, 15) is 19.2 Å². The third kappa shape index (κ3) is 13.3. The van der Waals surface area contributed by atoms with Crippen LogP contribution < -0.4 is 0 Å². The van der Waals surface area contributed by atoms with Crippen LogP contribution in [0.3, 0.4) is 0 Å². The highest BCUT2D eigenvalue weighted by molar-refractivity contribution is 8.15. The standard InChI is InChI=1S/C44H56O4S2/c1-29(19-15-21-31(3)23-25-37-33(5)41(47)39(49-35(7)45)27-43(37,9)10)17-13-14-18-30(2)20-16-22-32(4)24-26-38-34(6)42(48)40(50-36(8)46)28-44(38,11)12/h13-26,39-40H,27-28H2,1-12H3. The van der Waals surface area contributed by atoms with Crippen molar-refractivity contribution in [3.05, 3.63) is 130 Å². The van der Waals surface area contributed by atoms with Crippen LogP contribution >= 0.6 is 23.5 Å². The van der Waals surface area contributed by atoms with Crippen LogP contribution in [-0.4, -0.2) is 32.3 Å². The van der Waals surface area contributed by atoms with Gasteiger partial charge in [-0.3, -0.25) is 19.2 Å². The first-order chi connectivity index (χ1) is 23.2. The van der Waals surface area contributed by atoms with E-state index in [1.165, 1.54) is 13.8 Å². The van der Waals surface area contributed by atoms with E-state index in [2.05, 4.69) is 90.2 Å². The summed E-state index contributed by atoms with van der Waals surface area (Å²) in [7, 11) is 0. The molecule has 0 aliphatic heterocycles. The lowest BCUT2D eigenvalue weighted by Gasteiger charge is -2.36. The van der Waals surface area contributed by atoms with Crippen molar-refractivity contribution in [1.82, 2.24) is 0 Å². The lowest BCUT2D eigenvalue weighted by Crippen LogP contribution is -2.34. The van der Waals surface area contributed by atoms with Crippen molar-refractivity contribution < 1.29 is 19.2 Å². The van der Waals surface area contributed by atoms with Crippen LogP contribution in [0.15, 0.2) is 130 Å². The number of hydrogen-bond donors (Lipinski definition) is 0. The highest BCUT2D eigenvalue weighted by atomic mass is 32.2. The highest BCUT2D eigenvalue weighted by Crippen LogP contribution is 2.44. The van der Waals surface area contributed by atoms with Gasteiger partial charge in [-0.2, -0.15) is 0 Å². The molecule has 2 rings (SSSR count). The van der Waals surface area contributed by atoms with E-state index >= 15 is 0 Å². The summed E-state index contributed by atoms with van der Waals surface area (Å²) in [5.41, 5.74) is 7.60. The molecule has 0 N–H and O–H groups in total. The molecule has 0 saturated carbocycles. The Balaban J connectivity index is 1.98. The third-order valence-electron chi connectivity index (χ3n) is 8.89. The molecule has 2 unspecified atom stereocenters. The Bertz CT molecular complexity index is 1570. The van der Waals surface area contributed by atoms with E-state index in [4.69, 9.17) is 0 Å². The van der Waals surface area contributed by atoms with Crippen LogP contribution in [0.25, 0.3) is 0 Å². The molecule has 50 heavy (non-hydrogen) atoms. The van der Waals surface area contributed by atoms with Gasteiger partial charge in [0, 0.05) is 13.8 Å². The zero-order valence-corrected chi connectivity index (χ0v) is 33.7. The van der Waals surface area contributed by atoms with Crippen molar-refractivity contribution in [2.45, 2.75) is 106 Å². The van der Waals surface area contributed by atoms with E-state index in [-0.39, 0.29) is 43.1 Å². The second kappa shape index (κ2) is 19.2. The fraction of sp³-hybridized carbons (Fsp3) is 0.409. The average Bonchev–Trinajstić information content (AvgIpc) is 2.99. The zero-order valence-electron chi connectivity index (χ0n) is 32.1. The minimum absolute atomic E-state index is 0.0180. The molecule has 2 aliphatic rings. The van der Waals surface area contributed by atoms with Gasteiger partial charge < -0.3 is 0 Å². The van der Waals surface area contributed by atoms with Crippen molar-refractivity contribution in [2.75, 3.05) is 0 Å². The van der Waals surface area contributed by atoms with Crippen molar-refractivity contribution in [2.24, 2.45) is 10.8 Å². The molecule has 0 fully saturated rings. The molecule has 0 bridgehead atoms. The largest absolute Gasteiger partial charge is 0.293 e. The van der Waals surface area contributed by atoms with Crippen LogP contribution in [0.5, 0.6) is 0 Å². The molecule has 0 spiro atoms. The first-order valence-electron chi connectivity index (χ1n) is 17.2. The molecule has 0 aromatic carbocycles. The quantitative estimate of drug-likeness (QED) is 0.188. The second-order valence-corrected chi connectivity index (χ2v) is 17.3. The number of thioether (sulfide) groups is 2. The first-order valence-corrected chi connectivity index (χ1v) is 18.9. The van der Waals surface area contributed by atoms with Gasteiger partial charge >= 0.3 is 0 Å². The normalized spacial score (nSPS) is 22.9. The molecule has 268 valence electrons. The van der Waals surface area contributed by atoms with Gasteiger partial charge in [0.25, 0.3) is 0 Å². The lowest BCUT2D eigenvalue weighted by molar-refractivity contribution is -0.117. The van der Waals surface area contributed by atoms with Crippen LogP contribution in [0.1, 0.15) is 95.9 Å². The van der Waals surface area contributed by atoms with E-state index in [1.807, 2.05) is 64.2 Å². The summed E-state index contributed by atoms with van der Waals surface area (Å²) in [6.45, 7) is 23.5. The van der Waals surface area contributed by atoms with E-state index in [0.717, 1.165) is 68.1 Å². The van der Waals surface area contributed by atoms with Gasteiger partial charge in [0.15, 0.2) is 21.8 Å². The van der Waals surface area contributed by atoms with Gasteiger partial charge in [-0.25, -0.2) is 0 Å². The van der Waals surface area contributed by atoms with Crippen molar-refractivity contribution in [1.29, 1.82) is 0 Å². The molecule has 2 aliphatic carbocycles. The molecule has 0 aromatic rings. The Hall–Kier alpha value is -3.48. The predicted molar refractivity (Wildman–Crippen MR) is 217 cm³/mol. The molecule has 0 amide bonds. The van der Waals surface area contributed by atoms with Gasteiger partial charge in [-0.05, 0) is 87.5 Å². The van der Waals surface area contributed by atoms with Gasteiger partial charge in [0.2, 0.25) is 0 Å². The first kappa shape index (κ1) is 42.7. The number of carbonyl (C=O) groups excluding carboxylic acids is 4. The van der Waals surface area contributed by atoms with Gasteiger partial charge in [0.1, 0.15) is 0 Å². The molecule has 2 atom stereocenters. The molecule has 0 aromatic heterocycles. The number of allylic oxidation sites excluding steroid dienone is 22. The fourth-order valence-corrected chi connectivity index (χ4v) is 8.53. The number of Topliss-reactive ketones (excluding diaryl/α,β-unsaturated/α-hetero) is 2. The topological polar surface area (TPSA) is 68.3 Å². The van der Waals surface area contributed by atoms with E-state index in [1.54, 1.807) is 0 Å². The number of ketones is 2. The van der Waals surface area contributed by atoms with Crippen LogP contribution in [0.4, 0.5) is 0 Å². The van der Waals surface area contributed by atoms with Crippen LogP contribution in [0, 0.1) is 10.8 Å². The maximum Gasteiger partial charge on any atom is 0.186 e. The Morgan fingerprint density at radius 1 is 0.540 bits per heavy atom. The summed E-state index contributed by atoms with van der Waals surface area (Å²) < 4.78 is 0. The van der Waals surface area contributed by atoms with Crippen molar-refractivity contribution in [3.8, 4) is 0 Å². The lowest BCUT2D eigenvalue weighted by atomic mass is 9.72. The molecular weight excluding hydrogens is 657 g/mol. The van der Waals surface area contributed by atoms with Crippen LogP contribution in [0.2, 0.25) is 0 Å².